The molecule has 0 aliphatic carbocycles. The molecule has 3 aromatic rings. The molecule has 1 heterocycles. The van der Waals surface area contributed by atoms with Gasteiger partial charge in [0.05, 0.1) is 27.0 Å². The number of amides is 1. The zero-order valence-electron chi connectivity index (χ0n) is 12.6. The van der Waals surface area contributed by atoms with E-state index in [4.69, 9.17) is 23.2 Å². The SMILES string of the molecule is Cc1cc(NC(=O)c2cccc(Cl)c2Cl)n(-c2ccc(F)cc2)n1. The first-order chi connectivity index (χ1) is 11.5. The molecule has 0 unspecified atom stereocenters. The standard InChI is InChI=1S/C17H12Cl2FN3O/c1-10-9-15(23(22-10)12-7-5-11(20)6-8-12)21-17(24)13-3-2-4-14(18)16(13)19/h2-9H,1H3,(H,21,24). The van der Waals surface area contributed by atoms with Gasteiger partial charge in [0, 0.05) is 6.07 Å². The molecule has 1 amide bonds. The molecule has 0 spiro atoms. The summed E-state index contributed by atoms with van der Waals surface area (Å²) in [7, 11) is 0. The van der Waals surface area contributed by atoms with Gasteiger partial charge in [-0.25, -0.2) is 9.07 Å². The molecule has 0 fully saturated rings. The predicted molar refractivity (Wildman–Crippen MR) is 92.7 cm³/mol. The molecule has 0 aliphatic heterocycles. The molecule has 0 aliphatic rings. The minimum atomic E-state index is -0.411. The Morgan fingerprint density at radius 1 is 1.17 bits per heavy atom. The molecule has 0 saturated carbocycles. The van der Waals surface area contributed by atoms with Crippen molar-refractivity contribution in [3.63, 3.8) is 0 Å². The van der Waals surface area contributed by atoms with Gasteiger partial charge >= 0.3 is 0 Å². The Morgan fingerprint density at radius 3 is 2.58 bits per heavy atom. The summed E-state index contributed by atoms with van der Waals surface area (Å²) >= 11 is 12.0. The molecule has 4 nitrogen and oxygen atoms in total. The van der Waals surface area contributed by atoms with Gasteiger partial charge in [0.2, 0.25) is 0 Å². The second kappa shape index (κ2) is 6.63. The topological polar surface area (TPSA) is 46.9 Å². The highest BCUT2D eigenvalue weighted by Gasteiger charge is 2.16. The van der Waals surface area contributed by atoms with Crippen LogP contribution < -0.4 is 5.32 Å². The third kappa shape index (κ3) is 3.27. The highest BCUT2D eigenvalue weighted by molar-refractivity contribution is 6.44. The van der Waals surface area contributed by atoms with Crippen LogP contribution in [-0.2, 0) is 0 Å². The number of hydrogen-bond acceptors (Lipinski definition) is 2. The van der Waals surface area contributed by atoms with Crippen LogP contribution in [0.25, 0.3) is 5.69 Å². The second-order valence-electron chi connectivity index (χ2n) is 5.11. The fourth-order valence-corrected chi connectivity index (χ4v) is 2.62. The summed E-state index contributed by atoms with van der Waals surface area (Å²) in [6.07, 6.45) is 0. The molecule has 0 saturated heterocycles. The molecule has 24 heavy (non-hydrogen) atoms. The van der Waals surface area contributed by atoms with Gasteiger partial charge in [0.15, 0.2) is 0 Å². The van der Waals surface area contributed by atoms with Gasteiger partial charge in [-0.3, -0.25) is 4.79 Å². The van der Waals surface area contributed by atoms with E-state index in [2.05, 4.69) is 10.4 Å². The number of carbonyl (C=O) groups excluding carboxylic acids is 1. The molecule has 122 valence electrons. The van der Waals surface area contributed by atoms with E-state index in [0.717, 1.165) is 0 Å². The van der Waals surface area contributed by atoms with Gasteiger partial charge in [-0.2, -0.15) is 5.10 Å². The van der Waals surface area contributed by atoms with E-state index in [9.17, 15) is 9.18 Å². The van der Waals surface area contributed by atoms with Crippen LogP contribution >= 0.6 is 23.2 Å². The van der Waals surface area contributed by atoms with E-state index in [1.807, 2.05) is 0 Å². The van der Waals surface area contributed by atoms with E-state index in [0.29, 0.717) is 22.2 Å². The Hall–Kier alpha value is -2.37. The smallest absolute Gasteiger partial charge is 0.258 e. The number of hydrogen-bond donors (Lipinski definition) is 1. The number of aryl methyl sites for hydroxylation is 1. The molecule has 0 atom stereocenters. The third-order valence-corrected chi connectivity index (χ3v) is 4.16. The Balaban J connectivity index is 1.94. The lowest BCUT2D eigenvalue weighted by atomic mass is 10.2. The first-order valence-electron chi connectivity index (χ1n) is 7.03. The van der Waals surface area contributed by atoms with Crippen LogP contribution in [0.2, 0.25) is 10.0 Å². The van der Waals surface area contributed by atoms with Crippen molar-refractivity contribution >= 4 is 34.9 Å². The van der Waals surface area contributed by atoms with Crippen LogP contribution in [0.3, 0.4) is 0 Å². The summed E-state index contributed by atoms with van der Waals surface area (Å²) in [5.74, 6) is -0.315. The van der Waals surface area contributed by atoms with Crippen molar-refractivity contribution in [2.75, 3.05) is 5.32 Å². The average Bonchev–Trinajstić information content (AvgIpc) is 2.91. The normalized spacial score (nSPS) is 10.7. The summed E-state index contributed by atoms with van der Waals surface area (Å²) in [6, 6.07) is 12.3. The van der Waals surface area contributed by atoms with Crippen LogP contribution in [0.15, 0.2) is 48.5 Å². The molecular formula is C17H12Cl2FN3O. The number of anilines is 1. The minimum Gasteiger partial charge on any atom is -0.306 e. The van der Waals surface area contributed by atoms with Crippen LogP contribution in [0.5, 0.6) is 0 Å². The zero-order chi connectivity index (χ0) is 17.3. The lowest BCUT2D eigenvalue weighted by Gasteiger charge is -2.10. The fourth-order valence-electron chi connectivity index (χ4n) is 2.23. The van der Waals surface area contributed by atoms with Crippen molar-refractivity contribution in [1.82, 2.24) is 9.78 Å². The number of carbonyl (C=O) groups is 1. The van der Waals surface area contributed by atoms with Crippen molar-refractivity contribution in [1.29, 1.82) is 0 Å². The maximum absolute atomic E-state index is 13.1. The fraction of sp³-hybridized carbons (Fsp3) is 0.0588. The first kappa shape index (κ1) is 16.5. The van der Waals surface area contributed by atoms with Crippen molar-refractivity contribution in [3.05, 3.63) is 75.7 Å². The molecule has 7 heteroatoms. The quantitative estimate of drug-likeness (QED) is 0.720. The Bertz CT molecular complexity index is 907. The zero-order valence-corrected chi connectivity index (χ0v) is 14.1. The lowest BCUT2D eigenvalue weighted by molar-refractivity contribution is 0.102. The highest BCUT2D eigenvalue weighted by Crippen LogP contribution is 2.26. The van der Waals surface area contributed by atoms with E-state index in [-0.39, 0.29) is 16.4 Å². The summed E-state index contributed by atoms with van der Waals surface area (Å²) in [5, 5.41) is 7.55. The van der Waals surface area contributed by atoms with Crippen molar-refractivity contribution in [3.8, 4) is 5.69 Å². The molecule has 2 aromatic carbocycles. The third-order valence-electron chi connectivity index (χ3n) is 3.34. The summed E-state index contributed by atoms with van der Waals surface area (Å²) in [4.78, 5) is 12.5. The van der Waals surface area contributed by atoms with Crippen LogP contribution in [0.1, 0.15) is 16.1 Å². The number of nitrogens with zero attached hydrogens (tertiary/aromatic N) is 2. The average molecular weight is 364 g/mol. The van der Waals surface area contributed by atoms with E-state index in [1.165, 1.54) is 16.8 Å². The summed E-state index contributed by atoms with van der Waals surface area (Å²) < 4.78 is 14.6. The summed E-state index contributed by atoms with van der Waals surface area (Å²) in [5.41, 5.74) is 1.58. The molecule has 0 bridgehead atoms. The molecular weight excluding hydrogens is 352 g/mol. The monoisotopic (exact) mass is 363 g/mol. The highest BCUT2D eigenvalue weighted by atomic mass is 35.5. The minimum absolute atomic E-state index is 0.182. The summed E-state index contributed by atoms with van der Waals surface area (Å²) in [6.45, 7) is 1.79. The van der Waals surface area contributed by atoms with Crippen molar-refractivity contribution < 1.29 is 9.18 Å². The van der Waals surface area contributed by atoms with E-state index < -0.39 is 5.91 Å². The van der Waals surface area contributed by atoms with Gasteiger partial charge in [0.1, 0.15) is 11.6 Å². The van der Waals surface area contributed by atoms with Crippen LogP contribution in [-0.4, -0.2) is 15.7 Å². The number of nitrogens with one attached hydrogen (secondary N) is 1. The Kier molecular flexibility index (Phi) is 4.55. The lowest BCUT2D eigenvalue weighted by Crippen LogP contribution is -2.15. The largest absolute Gasteiger partial charge is 0.306 e. The van der Waals surface area contributed by atoms with Gasteiger partial charge in [-0.15, -0.1) is 0 Å². The first-order valence-corrected chi connectivity index (χ1v) is 7.79. The van der Waals surface area contributed by atoms with Crippen LogP contribution in [0, 0.1) is 12.7 Å². The Labute approximate surface area is 147 Å². The molecule has 0 radical (unpaired) electrons. The van der Waals surface area contributed by atoms with Gasteiger partial charge in [-0.1, -0.05) is 29.3 Å². The number of rotatable bonds is 3. The van der Waals surface area contributed by atoms with Crippen molar-refractivity contribution in [2.45, 2.75) is 6.92 Å². The number of halogens is 3. The maximum atomic E-state index is 13.1. The van der Waals surface area contributed by atoms with Crippen LogP contribution in [0.4, 0.5) is 10.2 Å². The van der Waals surface area contributed by atoms with Gasteiger partial charge < -0.3 is 5.32 Å². The Morgan fingerprint density at radius 2 is 1.88 bits per heavy atom. The molecule has 1 N–H and O–H groups in total. The molecule has 1 aromatic heterocycles. The molecule has 3 rings (SSSR count). The van der Waals surface area contributed by atoms with E-state index >= 15 is 0 Å². The van der Waals surface area contributed by atoms with E-state index in [1.54, 1.807) is 43.3 Å². The predicted octanol–water partition coefficient (Wildman–Crippen LogP) is 4.88. The second-order valence-corrected chi connectivity index (χ2v) is 5.90. The van der Waals surface area contributed by atoms with Crippen molar-refractivity contribution in [2.24, 2.45) is 0 Å². The van der Waals surface area contributed by atoms with Gasteiger partial charge in [-0.05, 0) is 43.3 Å². The van der Waals surface area contributed by atoms with Gasteiger partial charge in [0.25, 0.3) is 5.91 Å². The maximum Gasteiger partial charge on any atom is 0.258 e. The number of aromatic nitrogens is 2. The number of benzene rings is 2.